The van der Waals surface area contributed by atoms with Gasteiger partial charge in [-0.2, -0.15) is 0 Å². The normalized spacial score (nSPS) is 12.4. The maximum atomic E-state index is 11.8. The molecule has 1 amide bonds. The van der Waals surface area contributed by atoms with Crippen molar-refractivity contribution in [3.63, 3.8) is 0 Å². The van der Waals surface area contributed by atoms with Crippen LogP contribution in [0.25, 0.3) is 0 Å². The second kappa shape index (κ2) is 7.76. The number of rotatable bonds is 7. The molecule has 0 bridgehead atoms. The van der Waals surface area contributed by atoms with E-state index in [0.29, 0.717) is 30.8 Å². The molecule has 0 fully saturated rings. The number of carbonyl (C=O) groups is 1. The van der Waals surface area contributed by atoms with E-state index in [4.69, 9.17) is 5.73 Å². The van der Waals surface area contributed by atoms with E-state index in [9.17, 15) is 9.90 Å². The van der Waals surface area contributed by atoms with Gasteiger partial charge in [-0.3, -0.25) is 4.79 Å². The average Bonchev–Trinajstić information content (AvgIpc) is 2.36. The van der Waals surface area contributed by atoms with Crippen molar-refractivity contribution in [1.29, 1.82) is 0 Å². The number of amides is 1. The van der Waals surface area contributed by atoms with Gasteiger partial charge in [-0.1, -0.05) is 12.1 Å². The van der Waals surface area contributed by atoms with E-state index in [1.165, 1.54) is 0 Å². The van der Waals surface area contributed by atoms with Gasteiger partial charge < -0.3 is 21.1 Å². The highest BCUT2D eigenvalue weighted by atomic mass is 16.3. The minimum Gasteiger partial charge on any atom is -0.397 e. The lowest BCUT2D eigenvalue weighted by Gasteiger charge is -2.17. The SMILES string of the molecule is CC(O)CCN(C)CCC(=O)Nc1ccccc1N. The van der Waals surface area contributed by atoms with Crippen LogP contribution < -0.4 is 11.1 Å². The molecule has 0 spiro atoms. The number of hydrogen-bond donors (Lipinski definition) is 3. The fraction of sp³-hybridized carbons (Fsp3) is 0.500. The number of hydrogen-bond acceptors (Lipinski definition) is 4. The Labute approximate surface area is 114 Å². The molecule has 1 atom stereocenters. The number of carbonyl (C=O) groups excluding carboxylic acids is 1. The Morgan fingerprint density at radius 1 is 1.42 bits per heavy atom. The van der Waals surface area contributed by atoms with Crippen LogP contribution in [0.2, 0.25) is 0 Å². The number of aliphatic hydroxyl groups excluding tert-OH is 1. The van der Waals surface area contributed by atoms with Gasteiger partial charge in [0.2, 0.25) is 5.91 Å². The second-order valence-corrected chi connectivity index (χ2v) is 4.83. The lowest BCUT2D eigenvalue weighted by Crippen LogP contribution is -2.27. The number of aliphatic hydroxyl groups is 1. The summed E-state index contributed by atoms with van der Waals surface area (Å²) in [6.07, 6.45) is 0.814. The van der Waals surface area contributed by atoms with Crippen LogP contribution in [0, 0.1) is 0 Å². The number of nitrogens with one attached hydrogen (secondary N) is 1. The fourth-order valence-electron chi connectivity index (χ4n) is 1.63. The van der Waals surface area contributed by atoms with Crippen molar-refractivity contribution in [1.82, 2.24) is 4.90 Å². The molecule has 0 saturated carbocycles. The van der Waals surface area contributed by atoms with Gasteiger partial charge in [0.25, 0.3) is 0 Å². The highest BCUT2D eigenvalue weighted by Gasteiger charge is 2.07. The summed E-state index contributed by atoms with van der Waals surface area (Å²) in [4.78, 5) is 13.8. The molecule has 1 unspecified atom stereocenters. The van der Waals surface area contributed by atoms with E-state index in [1.807, 2.05) is 24.1 Å². The zero-order valence-electron chi connectivity index (χ0n) is 11.6. The molecule has 5 heteroatoms. The van der Waals surface area contributed by atoms with E-state index < -0.39 is 0 Å². The minimum absolute atomic E-state index is 0.0539. The number of para-hydroxylation sites is 2. The zero-order chi connectivity index (χ0) is 14.3. The lowest BCUT2D eigenvalue weighted by atomic mass is 10.2. The van der Waals surface area contributed by atoms with Crippen molar-refractivity contribution in [2.24, 2.45) is 0 Å². The van der Waals surface area contributed by atoms with Crippen LogP contribution in [0.4, 0.5) is 11.4 Å². The summed E-state index contributed by atoms with van der Waals surface area (Å²) in [5, 5.41) is 12.0. The Morgan fingerprint density at radius 3 is 2.74 bits per heavy atom. The molecule has 0 aromatic heterocycles. The molecule has 1 aromatic rings. The molecule has 0 heterocycles. The number of nitrogens with zero attached hydrogens (tertiary/aromatic N) is 1. The first-order chi connectivity index (χ1) is 8.99. The number of benzene rings is 1. The number of nitrogen functional groups attached to an aromatic ring is 1. The highest BCUT2D eigenvalue weighted by Crippen LogP contribution is 2.16. The summed E-state index contributed by atoms with van der Waals surface area (Å²) in [6.45, 7) is 3.20. The van der Waals surface area contributed by atoms with Crippen LogP contribution in [0.3, 0.4) is 0 Å². The molecular weight excluding hydrogens is 242 g/mol. The summed E-state index contributed by atoms with van der Waals surface area (Å²) >= 11 is 0. The monoisotopic (exact) mass is 265 g/mol. The van der Waals surface area contributed by atoms with Crippen LogP contribution in [0.5, 0.6) is 0 Å². The first-order valence-electron chi connectivity index (χ1n) is 6.50. The topological polar surface area (TPSA) is 78.6 Å². The Balaban J connectivity index is 2.30. The van der Waals surface area contributed by atoms with Gasteiger partial charge in [-0.25, -0.2) is 0 Å². The highest BCUT2D eigenvalue weighted by molar-refractivity contribution is 5.93. The maximum Gasteiger partial charge on any atom is 0.225 e. The zero-order valence-corrected chi connectivity index (χ0v) is 11.6. The molecule has 1 rings (SSSR count). The van der Waals surface area contributed by atoms with E-state index >= 15 is 0 Å². The van der Waals surface area contributed by atoms with Crippen LogP contribution in [-0.4, -0.2) is 42.2 Å². The van der Waals surface area contributed by atoms with Crippen LogP contribution in [0.15, 0.2) is 24.3 Å². The molecule has 1 aromatic carbocycles. The summed E-state index contributed by atoms with van der Waals surface area (Å²) in [5.41, 5.74) is 6.97. The predicted octanol–water partition coefficient (Wildman–Crippen LogP) is 1.30. The Kier molecular flexibility index (Phi) is 6.32. The molecule has 0 aliphatic heterocycles. The first-order valence-corrected chi connectivity index (χ1v) is 6.50. The third kappa shape index (κ3) is 6.22. The number of anilines is 2. The van der Waals surface area contributed by atoms with Crippen LogP contribution >= 0.6 is 0 Å². The summed E-state index contributed by atoms with van der Waals surface area (Å²) in [6, 6.07) is 7.20. The van der Waals surface area contributed by atoms with Gasteiger partial charge in [-0.15, -0.1) is 0 Å². The van der Waals surface area contributed by atoms with E-state index in [2.05, 4.69) is 5.32 Å². The van der Waals surface area contributed by atoms with Crippen molar-refractivity contribution in [3.8, 4) is 0 Å². The smallest absolute Gasteiger partial charge is 0.225 e. The second-order valence-electron chi connectivity index (χ2n) is 4.83. The first kappa shape index (κ1) is 15.5. The van der Waals surface area contributed by atoms with Gasteiger partial charge in [-0.05, 0) is 32.5 Å². The fourth-order valence-corrected chi connectivity index (χ4v) is 1.63. The van der Waals surface area contributed by atoms with E-state index in [1.54, 1.807) is 19.1 Å². The van der Waals surface area contributed by atoms with Crippen molar-refractivity contribution >= 4 is 17.3 Å². The van der Waals surface area contributed by atoms with E-state index in [0.717, 1.165) is 6.54 Å². The molecule has 0 radical (unpaired) electrons. The Hall–Kier alpha value is -1.59. The standard InChI is InChI=1S/C14H23N3O2/c1-11(18)7-9-17(2)10-8-14(19)16-13-6-4-3-5-12(13)15/h3-6,11,18H,7-10,15H2,1-2H3,(H,16,19). The lowest BCUT2D eigenvalue weighted by molar-refractivity contribution is -0.116. The van der Waals surface area contributed by atoms with Gasteiger partial charge in [0, 0.05) is 19.5 Å². The minimum atomic E-state index is -0.305. The van der Waals surface area contributed by atoms with Gasteiger partial charge >= 0.3 is 0 Å². The van der Waals surface area contributed by atoms with Crippen LogP contribution in [-0.2, 0) is 4.79 Å². The molecule has 4 N–H and O–H groups in total. The third-order valence-corrected chi connectivity index (χ3v) is 2.88. The molecule has 19 heavy (non-hydrogen) atoms. The quantitative estimate of drug-likeness (QED) is 0.649. The van der Waals surface area contributed by atoms with Crippen molar-refractivity contribution in [2.75, 3.05) is 31.2 Å². The van der Waals surface area contributed by atoms with E-state index in [-0.39, 0.29) is 12.0 Å². The van der Waals surface area contributed by atoms with Gasteiger partial charge in [0.1, 0.15) is 0 Å². The average molecular weight is 265 g/mol. The predicted molar refractivity (Wildman–Crippen MR) is 77.9 cm³/mol. The van der Waals surface area contributed by atoms with Crippen molar-refractivity contribution in [3.05, 3.63) is 24.3 Å². The summed E-state index contributed by atoms with van der Waals surface area (Å²) in [7, 11) is 1.94. The number of nitrogens with two attached hydrogens (primary N) is 1. The molecule has 106 valence electrons. The maximum absolute atomic E-state index is 11.8. The molecule has 0 aliphatic rings. The molecular formula is C14H23N3O2. The van der Waals surface area contributed by atoms with Crippen molar-refractivity contribution < 1.29 is 9.90 Å². The Bertz CT molecular complexity index is 407. The molecule has 0 saturated heterocycles. The largest absolute Gasteiger partial charge is 0.397 e. The molecule has 5 nitrogen and oxygen atoms in total. The summed E-state index contributed by atoms with van der Waals surface area (Å²) in [5.74, 6) is -0.0539. The Morgan fingerprint density at radius 2 is 2.11 bits per heavy atom. The third-order valence-electron chi connectivity index (χ3n) is 2.88. The summed E-state index contributed by atoms with van der Waals surface area (Å²) < 4.78 is 0. The molecule has 0 aliphatic carbocycles. The van der Waals surface area contributed by atoms with Gasteiger partial charge in [0.15, 0.2) is 0 Å². The van der Waals surface area contributed by atoms with Crippen LogP contribution in [0.1, 0.15) is 19.8 Å². The van der Waals surface area contributed by atoms with Crippen molar-refractivity contribution in [2.45, 2.75) is 25.9 Å². The van der Waals surface area contributed by atoms with Gasteiger partial charge in [0.05, 0.1) is 17.5 Å².